The van der Waals surface area contributed by atoms with E-state index in [0.717, 1.165) is 40.7 Å². The van der Waals surface area contributed by atoms with Crippen molar-refractivity contribution in [2.24, 2.45) is 0 Å². The van der Waals surface area contributed by atoms with Crippen molar-refractivity contribution in [2.75, 3.05) is 6.54 Å². The molecule has 0 aliphatic carbocycles. The molecule has 1 atom stereocenters. The molecule has 4 nitrogen and oxygen atoms in total. The second-order valence-corrected chi connectivity index (χ2v) is 6.78. The summed E-state index contributed by atoms with van der Waals surface area (Å²) in [5, 5.41) is 0. The van der Waals surface area contributed by atoms with Crippen LogP contribution in [0.3, 0.4) is 0 Å². The van der Waals surface area contributed by atoms with Crippen LogP contribution in [0, 0.1) is 0 Å². The van der Waals surface area contributed by atoms with E-state index in [4.69, 9.17) is 4.98 Å². The van der Waals surface area contributed by atoms with Gasteiger partial charge in [0.2, 0.25) is 5.91 Å². The van der Waals surface area contributed by atoms with Crippen LogP contribution < -0.4 is 0 Å². The van der Waals surface area contributed by atoms with E-state index in [0.29, 0.717) is 13.0 Å². The lowest BCUT2D eigenvalue weighted by Gasteiger charge is -2.24. The number of halogens is 1. The zero-order valence-electron chi connectivity index (χ0n) is 12.8. The Hall–Kier alpha value is -1.62. The lowest BCUT2D eigenvalue weighted by Crippen LogP contribution is -2.31. The Morgan fingerprint density at radius 1 is 1.45 bits per heavy atom. The summed E-state index contributed by atoms with van der Waals surface area (Å²) in [5.41, 5.74) is 2.07. The maximum absolute atomic E-state index is 12.2. The second-order valence-electron chi connectivity index (χ2n) is 5.66. The molecule has 3 rings (SSSR count). The van der Waals surface area contributed by atoms with Gasteiger partial charge in [-0.25, -0.2) is 4.98 Å². The van der Waals surface area contributed by atoms with Crippen LogP contribution in [0.2, 0.25) is 0 Å². The lowest BCUT2D eigenvalue weighted by atomic mass is 10.2. The van der Waals surface area contributed by atoms with Gasteiger partial charge in [-0.05, 0) is 25.0 Å². The number of amides is 1. The highest BCUT2D eigenvalue weighted by molar-refractivity contribution is 9.11. The highest BCUT2D eigenvalue weighted by Gasteiger charge is 2.32. The molecule has 1 fully saturated rings. The Balaban J connectivity index is 2.09. The fourth-order valence-corrected chi connectivity index (χ4v) is 3.47. The van der Waals surface area contributed by atoms with E-state index in [2.05, 4.69) is 33.1 Å². The number of rotatable bonds is 4. The highest BCUT2D eigenvalue weighted by atomic mass is 79.9. The minimum Gasteiger partial charge on any atom is -0.333 e. The molecule has 116 valence electrons. The molecule has 0 bridgehead atoms. The van der Waals surface area contributed by atoms with Crippen molar-refractivity contribution >= 4 is 32.9 Å². The van der Waals surface area contributed by atoms with Gasteiger partial charge in [0.1, 0.15) is 5.82 Å². The number of fused-ring (bicyclic) bond motifs is 1. The van der Waals surface area contributed by atoms with E-state index in [9.17, 15) is 4.79 Å². The number of carbonyl (C=O) groups excluding carboxylic acids is 1. The van der Waals surface area contributed by atoms with E-state index >= 15 is 0 Å². The molecule has 1 saturated heterocycles. The third kappa shape index (κ3) is 2.70. The van der Waals surface area contributed by atoms with Gasteiger partial charge in [0.15, 0.2) is 0 Å². The summed E-state index contributed by atoms with van der Waals surface area (Å²) < 4.78 is 3.08. The van der Waals surface area contributed by atoms with Gasteiger partial charge in [-0.15, -0.1) is 0 Å². The van der Waals surface area contributed by atoms with Gasteiger partial charge in [0, 0.05) is 17.4 Å². The number of allylic oxidation sites excluding steroid dienone is 1. The molecule has 2 aromatic rings. The van der Waals surface area contributed by atoms with Crippen molar-refractivity contribution in [1.29, 1.82) is 0 Å². The first-order chi connectivity index (χ1) is 10.6. The normalized spacial score (nSPS) is 18.1. The molecule has 0 N–H and O–H groups in total. The van der Waals surface area contributed by atoms with Gasteiger partial charge in [-0.1, -0.05) is 41.6 Å². The fraction of sp³-hybridized carbons (Fsp3) is 0.412. The molecule has 0 saturated carbocycles. The van der Waals surface area contributed by atoms with Crippen LogP contribution in [0.4, 0.5) is 0 Å². The SMILES string of the molecule is C=C(Br)Cn1c([C@H]2CCCN2C(=O)CC)nc2ccccc21. The summed E-state index contributed by atoms with van der Waals surface area (Å²) in [5.74, 6) is 1.18. The standard InChI is InChI=1S/C17H20BrN3O/c1-3-16(22)20-10-6-9-15(20)17-19-13-7-4-5-8-14(13)21(17)11-12(2)18/h4-5,7-8,15H,2-3,6,9-11H2,1H3/t15-/m1/s1. The average molecular weight is 362 g/mol. The minimum atomic E-state index is 0.0756. The van der Waals surface area contributed by atoms with E-state index in [1.807, 2.05) is 30.0 Å². The number of hydrogen-bond donors (Lipinski definition) is 0. The molecular weight excluding hydrogens is 342 g/mol. The largest absolute Gasteiger partial charge is 0.333 e. The summed E-state index contributed by atoms with van der Waals surface area (Å²) in [7, 11) is 0. The molecule has 2 heterocycles. The number of hydrogen-bond acceptors (Lipinski definition) is 2. The third-order valence-electron chi connectivity index (χ3n) is 4.19. The molecule has 1 aliphatic rings. The second kappa shape index (κ2) is 6.24. The fourth-order valence-electron chi connectivity index (χ4n) is 3.22. The van der Waals surface area contributed by atoms with Crippen LogP contribution in [0.1, 0.15) is 38.1 Å². The number of imidazole rings is 1. The average Bonchev–Trinajstić information content (AvgIpc) is 3.11. The smallest absolute Gasteiger partial charge is 0.222 e. The summed E-state index contributed by atoms with van der Waals surface area (Å²) >= 11 is 3.46. The minimum absolute atomic E-state index is 0.0756. The Bertz CT molecular complexity index is 722. The van der Waals surface area contributed by atoms with Crippen molar-refractivity contribution in [1.82, 2.24) is 14.5 Å². The van der Waals surface area contributed by atoms with Crippen LogP contribution >= 0.6 is 15.9 Å². The van der Waals surface area contributed by atoms with E-state index in [1.54, 1.807) is 0 Å². The third-order valence-corrected chi connectivity index (χ3v) is 4.44. The maximum Gasteiger partial charge on any atom is 0.222 e. The topological polar surface area (TPSA) is 38.1 Å². The first kappa shape index (κ1) is 15.3. The summed E-state index contributed by atoms with van der Waals surface area (Å²) in [6.07, 6.45) is 2.56. The predicted molar refractivity (Wildman–Crippen MR) is 91.8 cm³/mol. The van der Waals surface area contributed by atoms with E-state index in [-0.39, 0.29) is 11.9 Å². The quantitative estimate of drug-likeness (QED) is 0.824. The summed E-state index contributed by atoms with van der Waals surface area (Å²) in [6.45, 7) is 7.38. The van der Waals surface area contributed by atoms with Crippen molar-refractivity contribution in [3.05, 3.63) is 41.2 Å². The summed E-state index contributed by atoms with van der Waals surface area (Å²) in [4.78, 5) is 19.0. The molecule has 1 aliphatic heterocycles. The Morgan fingerprint density at radius 3 is 2.95 bits per heavy atom. The Kier molecular flexibility index (Phi) is 4.34. The van der Waals surface area contributed by atoms with Gasteiger partial charge >= 0.3 is 0 Å². The Morgan fingerprint density at radius 2 is 2.23 bits per heavy atom. The molecule has 1 aromatic carbocycles. The molecule has 0 spiro atoms. The first-order valence-corrected chi connectivity index (χ1v) is 8.49. The lowest BCUT2D eigenvalue weighted by molar-refractivity contribution is -0.131. The van der Waals surface area contributed by atoms with Crippen LogP contribution in [-0.4, -0.2) is 26.9 Å². The van der Waals surface area contributed by atoms with E-state index in [1.165, 1.54) is 0 Å². The molecule has 0 radical (unpaired) electrons. The van der Waals surface area contributed by atoms with Crippen LogP contribution in [0.15, 0.2) is 35.3 Å². The molecule has 0 unspecified atom stereocenters. The van der Waals surface area contributed by atoms with Gasteiger partial charge in [0.25, 0.3) is 0 Å². The first-order valence-electron chi connectivity index (χ1n) is 7.69. The predicted octanol–water partition coefficient (Wildman–Crippen LogP) is 4.02. The zero-order valence-corrected chi connectivity index (χ0v) is 14.3. The van der Waals surface area contributed by atoms with Gasteiger partial charge in [0.05, 0.1) is 23.6 Å². The number of aromatic nitrogens is 2. The zero-order chi connectivity index (χ0) is 15.7. The molecular formula is C17H20BrN3O. The van der Waals surface area contributed by atoms with Crippen LogP contribution in [0.25, 0.3) is 11.0 Å². The Labute approximate surface area is 138 Å². The monoisotopic (exact) mass is 361 g/mol. The number of benzene rings is 1. The highest BCUT2D eigenvalue weighted by Crippen LogP contribution is 2.34. The maximum atomic E-state index is 12.2. The number of likely N-dealkylation sites (tertiary alicyclic amines) is 1. The van der Waals surface area contributed by atoms with Crippen LogP contribution in [0.5, 0.6) is 0 Å². The van der Waals surface area contributed by atoms with Crippen molar-refractivity contribution in [3.8, 4) is 0 Å². The molecule has 1 amide bonds. The molecule has 1 aromatic heterocycles. The van der Waals surface area contributed by atoms with Crippen molar-refractivity contribution in [2.45, 2.75) is 38.8 Å². The number of carbonyl (C=O) groups is 1. The van der Waals surface area contributed by atoms with Crippen molar-refractivity contribution < 1.29 is 4.79 Å². The van der Waals surface area contributed by atoms with Gasteiger partial charge in [-0.2, -0.15) is 0 Å². The van der Waals surface area contributed by atoms with Crippen molar-refractivity contribution in [3.63, 3.8) is 0 Å². The number of para-hydroxylation sites is 2. The molecule has 5 heteroatoms. The molecule has 22 heavy (non-hydrogen) atoms. The summed E-state index contributed by atoms with van der Waals surface area (Å²) in [6, 6.07) is 8.18. The van der Waals surface area contributed by atoms with E-state index < -0.39 is 0 Å². The van der Waals surface area contributed by atoms with Crippen LogP contribution in [-0.2, 0) is 11.3 Å². The van der Waals surface area contributed by atoms with Gasteiger partial charge < -0.3 is 9.47 Å². The number of nitrogens with zero attached hydrogens (tertiary/aromatic N) is 3. The van der Waals surface area contributed by atoms with Gasteiger partial charge in [-0.3, -0.25) is 4.79 Å².